The molecule has 2 aromatic rings. The Labute approximate surface area is 178 Å². The van der Waals surface area contributed by atoms with E-state index in [1.807, 2.05) is 29.2 Å². The molecule has 1 atom stereocenters. The number of carbonyl (C=O) groups excluding carboxylic acids is 1. The highest BCUT2D eigenvalue weighted by molar-refractivity contribution is 6.30. The van der Waals surface area contributed by atoms with Crippen LogP contribution in [-0.2, 0) is 19.5 Å². The van der Waals surface area contributed by atoms with Gasteiger partial charge in [0.1, 0.15) is 0 Å². The third-order valence-electron chi connectivity index (χ3n) is 6.77. The zero-order valence-corrected chi connectivity index (χ0v) is 17.8. The van der Waals surface area contributed by atoms with Crippen molar-refractivity contribution in [1.82, 2.24) is 9.80 Å². The second kappa shape index (κ2) is 7.66. The molecule has 0 N–H and O–H groups in total. The van der Waals surface area contributed by atoms with E-state index in [1.165, 1.54) is 36.2 Å². The summed E-state index contributed by atoms with van der Waals surface area (Å²) in [6.07, 6.45) is 3.53. The van der Waals surface area contributed by atoms with Gasteiger partial charge in [-0.15, -0.1) is 0 Å². The zero-order chi connectivity index (χ0) is 20.0. The quantitative estimate of drug-likeness (QED) is 0.751. The Morgan fingerprint density at radius 1 is 1.10 bits per heavy atom. The molecule has 0 aromatic heterocycles. The number of benzene rings is 2. The number of amides is 1. The van der Waals surface area contributed by atoms with Gasteiger partial charge in [-0.05, 0) is 66.8 Å². The summed E-state index contributed by atoms with van der Waals surface area (Å²) in [5.74, 6) is 0.166. The first kappa shape index (κ1) is 19.0. The average Bonchev–Trinajstić information content (AvgIpc) is 3.33. The summed E-state index contributed by atoms with van der Waals surface area (Å²) in [4.78, 5) is 20.3. The Balaban J connectivity index is 1.39. The van der Waals surface area contributed by atoms with Gasteiger partial charge in [0, 0.05) is 55.0 Å². The lowest BCUT2D eigenvalue weighted by Crippen LogP contribution is -2.50. The van der Waals surface area contributed by atoms with Crippen LogP contribution in [0.3, 0.4) is 0 Å². The van der Waals surface area contributed by atoms with Crippen LogP contribution in [0.2, 0.25) is 5.02 Å². The Morgan fingerprint density at radius 2 is 1.93 bits per heavy atom. The molecule has 5 rings (SSSR count). The maximum absolute atomic E-state index is 13.2. The first-order valence-electron chi connectivity index (χ1n) is 10.8. The molecule has 2 saturated heterocycles. The van der Waals surface area contributed by atoms with Crippen LogP contribution in [0.15, 0.2) is 36.4 Å². The lowest BCUT2D eigenvalue weighted by molar-refractivity contribution is 0.0766. The predicted octanol–water partition coefficient (Wildman–Crippen LogP) is 4.34. The third kappa shape index (κ3) is 3.53. The van der Waals surface area contributed by atoms with Crippen molar-refractivity contribution in [3.8, 4) is 0 Å². The summed E-state index contributed by atoms with van der Waals surface area (Å²) in [5.41, 5.74) is 5.73. The normalized spacial score (nSPS) is 21.6. The Hall–Kier alpha value is -2.04. The SMILES string of the molecule is CCc1cc(N2CCN3CCCC3C2)cc2c1C(=O)N(Cc1ccc(Cl)cc1)C2. The number of nitrogens with zero attached hydrogens (tertiary/aromatic N) is 3. The number of hydrogen-bond acceptors (Lipinski definition) is 3. The average molecular weight is 410 g/mol. The second-order valence-corrected chi connectivity index (χ2v) is 8.99. The van der Waals surface area contributed by atoms with Crippen LogP contribution >= 0.6 is 11.6 Å². The van der Waals surface area contributed by atoms with Crippen LogP contribution in [0.5, 0.6) is 0 Å². The van der Waals surface area contributed by atoms with E-state index in [-0.39, 0.29) is 5.91 Å². The Morgan fingerprint density at radius 3 is 2.72 bits per heavy atom. The number of fused-ring (bicyclic) bond motifs is 2. The van der Waals surface area contributed by atoms with Gasteiger partial charge in [0.15, 0.2) is 0 Å². The first-order valence-corrected chi connectivity index (χ1v) is 11.2. The lowest BCUT2D eigenvalue weighted by atomic mass is 9.99. The van der Waals surface area contributed by atoms with Crippen molar-refractivity contribution in [2.75, 3.05) is 31.1 Å². The third-order valence-corrected chi connectivity index (χ3v) is 7.02. The monoisotopic (exact) mass is 409 g/mol. The maximum atomic E-state index is 13.2. The van der Waals surface area contributed by atoms with Crippen LogP contribution < -0.4 is 4.90 Å². The molecule has 0 aliphatic carbocycles. The molecule has 5 heteroatoms. The molecule has 0 spiro atoms. The van der Waals surface area contributed by atoms with E-state index >= 15 is 0 Å². The lowest BCUT2D eigenvalue weighted by Gasteiger charge is -2.39. The van der Waals surface area contributed by atoms with Gasteiger partial charge in [-0.3, -0.25) is 9.69 Å². The molecular formula is C24H28ClN3O. The second-order valence-electron chi connectivity index (χ2n) is 8.56. The van der Waals surface area contributed by atoms with Crippen molar-refractivity contribution in [2.24, 2.45) is 0 Å². The summed E-state index contributed by atoms with van der Waals surface area (Å²) >= 11 is 6.01. The Bertz CT molecular complexity index is 926. The number of aryl methyl sites for hydroxylation is 1. The number of hydrogen-bond donors (Lipinski definition) is 0. The molecular weight excluding hydrogens is 382 g/mol. The van der Waals surface area contributed by atoms with Crippen molar-refractivity contribution >= 4 is 23.2 Å². The summed E-state index contributed by atoms with van der Waals surface area (Å²) in [6.45, 7) is 8.10. The molecule has 2 fully saturated rings. The van der Waals surface area contributed by atoms with E-state index in [1.54, 1.807) is 0 Å². The van der Waals surface area contributed by atoms with Gasteiger partial charge >= 0.3 is 0 Å². The van der Waals surface area contributed by atoms with Gasteiger partial charge in [-0.2, -0.15) is 0 Å². The van der Waals surface area contributed by atoms with Gasteiger partial charge in [0.2, 0.25) is 0 Å². The van der Waals surface area contributed by atoms with Gasteiger partial charge in [-0.1, -0.05) is 30.7 Å². The van der Waals surface area contributed by atoms with E-state index in [2.05, 4.69) is 28.9 Å². The standard InChI is InChI=1S/C24H28ClN3O/c1-2-18-12-22(27-11-10-26-9-3-4-21(26)16-27)13-19-15-28(24(29)23(18)19)14-17-5-7-20(25)8-6-17/h5-8,12-13,21H,2-4,9-11,14-16H2,1H3. The molecule has 3 aliphatic rings. The van der Waals surface area contributed by atoms with E-state index in [9.17, 15) is 4.79 Å². The highest BCUT2D eigenvalue weighted by Crippen LogP contribution is 2.34. The van der Waals surface area contributed by atoms with E-state index < -0.39 is 0 Å². The minimum absolute atomic E-state index is 0.166. The van der Waals surface area contributed by atoms with Crippen LogP contribution in [0.25, 0.3) is 0 Å². The zero-order valence-electron chi connectivity index (χ0n) is 17.0. The molecule has 0 radical (unpaired) electrons. The molecule has 0 saturated carbocycles. The van der Waals surface area contributed by atoms with Crippen LogP contribution in [0.1, 0.15) is 46.8 Å². The van der Waals surface area contributed by atoms with Gasteiger partial charge < -0.3 is 9.80 Å². The highest BCUT2D eigenvalue weighted by atomic mass is 35.5. The van der Waals surface area contributed by atoms with Crippen LogP contribution in [0, 0.1) is 0 Å². The smallest absolute Gasteiger partial charge is 0.255 e. The van der Waals surface area contributed by atoms with Crippen molar-refractivity contribution in [1.29, 1.82) is 0 Å². The fraction of sp³-hybridized carbons (Fsp3) is 0.458. The van der Waals surface area contributed by atoms with Crippen molar-refractivity contribution < 1.29 is 4.79 Å². The number of rotatable bonds is 4. The van der Waals surface area contributed by atoms with Gasteiger partial charge in [-0.25, -0.2) is 0 Å². The number of halogens is 1. The molecule has 4 nitrogen and oxygen atoms in total. The summed E-state index contributed by atoms with van der Waals surface area (Å²) in [5, 5.41) is 0.727. The number of carbonyl (C=O) groups is 1. The fourth-order valence-electron chi connectivity index (χ4n) is 5.21. The fourth-order valence-corrected chi connectivity index (χ4v) is 5.34. The molecule has 152 valence electrons. The largest absolute Gasteiger partial charge is 0.369 e. The molecule has 29 heavy (non-hydrogen) atoms. The van der Waals surface area contributed by atoms with Gasteiger partial charge in [0.25, 0.3) is 5.91 Å². The van der Waals surface area contributed by atoms with Crippen molar-refractivity contribution in [3.05, 3.63) is 63.7 Å². The summed E-state index contributed by atoms with van der Waals surface area (Å²) < 4.78 is 0. The molecule has 1 amide bonds. The highest BCUT2D eigenvalue weighted by Gasteiger charge is 2.33. The van der Waals surface area contributed by atoms with Crippen molar-refractivity contribution in [3.63, 3.8) is 0 Å². The maximum Gasteiger partial charge on any atom is 0.255 e. The topological polar surface area (TPSA) is 26.8 Å². The first-order chi connectivity index (χ1) is 14.1. The van der Waals surface area contributed by atoms with E-state index in [0.717, 1.165) is 42.2 Å². The summed E-state index contributed by atoms with van der Waals surface area (Å²) in [6, 6.07) is 13.0. The predicted molar refractivity (Wildman–Crippen MR) is 118 cm³/mol. The molecule has 3 aliphatic heterocycles. The molecule has 3 heterocycles. The Kier molecular flexibility index (Phi) is 5.00. The van der Waals surface area contributed by atoms with Gasteiger partial charge in [0.05, 0.1) is 0 Å². The number of anilines is 1. The minimum atomic E-state index is 0.166. The van der Waals surface area contributed by atoms with Crippen LogP contribution in [0.4, 0.5) is 5.69 Å². The molecule has 0 bridgehead atoms. The minimum Gasteiger partial charge on any atom is -0.369 e. The number of piperazine rings is 1. The van der Waals surface area contributed by atoms with E-state index in [4.69, 9.17) is 11.6 Å². The molecule has 2 aromatic carbocycles. The van der Waals surface area contributed by atoms with E-state index in [0.29, 0.717) is 19.1 Å². The van der Waals surface area contributed by atoms with Crippen molar-refractivity contribution in [2.45, 2.75) is 45.3 Å². The van der Waals surface area contributed by atoms with Crippen LogP contribution in [-0.4, -0.2) is 47.9 Å². The molecule has 1 unspecified atom stereocenters. The summed E-state index contributed by atoms with van der Waals surface area (Å²) in [7, 11) is 0.